The molecule has 0 amide bonds. The SMILES string of the molecule is NC(CCCC(F)(F)F)c1csnn1. The molecule has 1 atom stereocenters. The van der Waals surface area contributed by atoms with Gasteiger partial charge in [-0.1, -0.05) is 4.49 Å². The van der Waals surface area contributed by atoms with Crippen molar-refractivity contribution in [3.63, 3.8) is 0 Å². The van der Waals surface area contributed by atoms with Crippen LogP contribution in [-0.4, -0.2) is 15.8 Å². The first-order valence-electron chi connectivity index (χ1n) is 4.08. The van der Waals surface area contributed by atoms with E-state index >= 15 is 0 Å². The van der Waals surface area contributed by atoms with Gasteiger partial charge in [-0.3, -0.25) is 0 Å². The molecule has 1 aromatic heterocycles. The van der Waals surface area contributed by atoms with Crippen molar-refractivity contribution in [1.29, 1.82) is 0 Å². The molecule has 0 spiro atoms. The summed E-state index contributed by atoms with van der Waals surface area (Å²) in [5, 5.41) is 5.34. The van der Waals surface area contributed by atoms with Crippen LogP contribution in [0.3, 0.4) is 0 Å². The molecule has 0 saturated carbocycles. The Kier molecular flexibility index (Phi) is 3.82. The molecule has 0 aromatic carbocycles. The van der Waals surface area contributed by atoms with Crippen LogP contribution >= 0.6 is 11.5 Å². The molecular formula is C7H10F3N3S. The molecule has 0 saturated heterocycles. The second kappa shape index (κ2) is 4.70. The van der Waals surface area contributed by atoms with E-state index in [1.165, 1.54) is 0 Å². The van der Waals surface area contributed by atoms with Gasteiger partial charge < -0.3 is 5.73 Å². The molecule has 1 unspecified atom stereocenters. The lowest BCUT2D eigenvalue weighted by Gasteiger charge is -2.09. The maximum atomic E-state index is 11.8. The smallest absolute Gasteiger partial charge is 0.323 e. The van der Waals surface area contributed by atoms with Crippen molar-refractivity contribution in [2.75, 3.05) is 0 Å². The molecule has 7 heteroatoms. The second-order valence-corrected chi connectivity index (χ2v) is 3.55. The number of hydrogen-bond acceptors (Lipinski definition) is 4. The highest BCUT2D eigenvalue weighted by molar-refractivity contribution is 7.03. The third-order valence-electron chi connectivity index (χ3n) is 1.73. The highest BCUT2D eigenvalue weighted by Gasteiger charge is 2.26. The van der Waals surface area contributed by atoms with Gasteiger partial charge in [0.25, 0.3) is 0 Å². The third-order valence-corrected chi connectivity index (χ3v) is 2.25. The third kappa shape index (κ3) is 4.01. The molecule has 0 aliphatic rings. The Morgan fingerprint density at radius 3 is 2.71 bits per heavy atom. The predicted molar refractivity (Wildman–Crippen MR) is 46.7 cm³/mol. The number of nitrogens with two attached hydrogens (primary N) is 1. The van der Waals surface area contributed by atoms with E-state index in [9.17, 15) is 13.2 Å². The van der Waals surface area contributed by atoms with Gasteiger partial charge in [0.15, 0.2) is 0 Å². The Morgan fingerprint density at radius 2 is 2.21 bits per heavy atom. The molecule has 0 aliphatic heterocycles. The maximum Gasteiger partial charge on any atom is 0.389 e. The van der Waals surface area contributed by atoms with Crippen LogP contribution in [-0.2, 0) is 0 Å². The van der Waals surface area contributed by atoms with Crippen LogP contribution in [0.4, 0.5) is 13.2 Å². The molecule has 1 rings (SSSR count). The van der Waals surface area contributed by atoms with E-state index in [4.69, 9.17) is 5.73 Å². The fourth-order valence-corrected chi connectivity index (χ4v) is 1.52. The van der Waals surface area contributed by atoms with Crippen molar-refractivity contribution < 1.29 is 13.2 Å². The summed E-state index contributed by atoms with van der Waals surface area (Å²) in [7, 11) is 0. The van der Waals surface area contributed by atoms with Crippen molar-refractivity contribution in [3.8, 4) is 0 Å². The number of halogens is 3. The van der Waals surface area contributed by atoms with Gasteiger partial charge in [-0.05, 0) is 24.4 Å². The Bertz CT molecular complexity index is 260. The molecule has 0 fully saturated rings. The van der Waals surface area contributed by atoms with Gasteiger partial charge in [-0.15, -0.1) is 5.10 Å². The lowest BCUT2D eigenvalue weighted by molar-refractivity contribution is -0.135. The second-order valence-electron chi connectivity index (χ2n) is 2.94. The van der Waals surface area contributed by atoms with Gasteiger partial charge in [0.2, 0.25) is 0 Å². The molecule has 0 radical (unpaired) electrons. The van der Waals surface area contributed by atoms with Gasteiger partial charge in [0, 0.05) is 17.8 Å². The molecule has 3 nitrogen and oxygen atoms in total. The Labute approximate surface area is 83.3 Å². The molecule has 0 aliphatic carbocycles. The van der Waals surface area contributed by atoms with Crippen molar-refractivity contribution >= 4 is 11.5 Å². The minimum absolute atomic E-state index is 0.0300. The number of aromatic nitrogens is 2. The van der Waals surface area contributed by atoms with E-state index in [0.29, 0.717) is 5.69 Å². The van der Waals surface area contributed by atoms with E-state index in [2.05, 4.69) is 9.59 Å². The molecule has 1 heterocycles. The lowest BCUT2D eigenvalue weighted by Crippen LogP contribution is -2.13. The minimum atomic E-state index is -4.10. The van der Waals surface area contributed by atoms with Crippen molar-refractivity contribution in [1.82, 2.24) is 9.59 Å². The van der Waals surface area contributed by atoms with Gasteiger partial charge >= 0.3 is 6.18 Å². The summed E-state index contributed by atoms with van der Waals surface area (Å²) in [4.78, 5) is 0. The standard InChI is InChI=1S/C7H10F3N3S/c8-7(9,10)3-1-2-5(11)6-4-14-13-12-6/h4-5H,1-3,11H2. The summed E-state index contributed by atoms with van der Waals surface area (Å²) in [5.74, 6) is 0. The van der Waals surface area contributed by atoms with Crippen LogP contribution in [0.5, 0.6) is 0 Å². The normalized spacial score (nSPS) is 14.3. The fraction of sp³-hybridized carbons (Fsp3) is 0.714. The summed E-state index contributed by atoms with van der Waals surface area (Å²) >= 11 is 1.14. The predicted octanol–water partition coefficient (Wildman–Crippen LogP) is 2.27. The van der Waals surface area contributed by atoms with E-state index in [-0.39, 0.29) is 12.8 Å². The van der Waals surface area contributed by atoms with Crippen LogP contribution in [0.25, 0.3) is 0 Å². The topological polar surface area (TPSA) is 51.8 Å². The number of hydrogen-bond donors (Lipinski definition) is 1. The highest BCUT2D eigenvalue weighted by atomic mass is 32.1. The zero-order valence-electron chi connectivity index (χ0n) is 7.29. The quantitative estimate of drug-likeness (QED) is 0.855. The van der Waals surface area contributed by atoms with Crippen LogP contribution in [0.1, 0.15) is 31.0 Å². The average molecular weight is 225 g/mol. The summed E-state index contributed by atoms with van der Waals surface area (Å²) in [6, 6.07) is -0.434. The summed E-state index contributed by atoms with van der Waals surface area (Å²) in [6.45, 7) is 0. The number of alkyl halides is 3. The van der Waals surface area contributed by atoms with Crippen molar-refractivity contribution in [3.05, 3.63) is 11.1 Å². The molecular weight excluding hydrogens is 215 g/mol. The van der Waals surface area contributed by atoms with E-state index in [0.717, 1.165) is 11.5 Å². The summed E-state index contributed by atoms with van der Waals surface area (Å²) < 4.78 is 38.9. The van der Waals surface area contributed by atoms with Crippen LogP contribution < -0.4 is 5.73 Å². The van der Waals surface area contributed by atoms with Crippen molar-refractivity contribution in [2.45, 2.75) is 31.5 Å². The van der Waals surface area contributed by atoms with Gasteiger partial charge in [0.05, 0.1) is 5.69 Å². The molecule has 14 heavy (non-hydrogen) atoms. The van der Waals surface area contributed by atoms with Gasteiger partial charge in [-0.25, -0.2) is 0 Å². The molecule has 80 valence electrons. The maximum absolute atomic E-state index is 11.8. The first-order chi connectivity index (χ1) is 6.49. The van der Waals surface area contributed by atoms with Crippen LogP contribution in [0.15, 0.2) is 5.38 Å². The summed E-state index contributed by atoms with van der Waals surface area (Å²) in [5.41, 5.74) is 6.17. The summed E-state index contributed by atoms with van der Waals surface area (Å²) in [6.07, 6.45) is -4.58. The van der Waals surface area contributed by atoms with Gasteiger partial charge in [-0.2, -0.15) is 13.2 Å². The van der Waals surface area contributed by atoms with Crippen LogP contribution in [0.2, 0.25) is 0 Å². The van der Waals surface area contributed by atoms with Crippen LogP contribution in [0, 0.1) is 0 Å². The number of rotatable bonds is 4. The molecule has 2 N–H and O–H groups in total. The van der Waals surface area contributed by atoms with E-state index in [1.54, 1.807) is 5.38 Å². The zero-order valence-corrected chi connectivity index (χ0v) is 8.11. The Hall–Kier alpha value is -0.690. The van der Waals surface area contributed by atoms with E-state index in [1.807, 2.05) is 0 Å². The Morgan fingerprint density at radius 1 is 1.50 bits per heavy atom. The monoisotopic (exact) mass is 225 g/mol. The highest BCUT2D eigenvalue weighted by Crippen LogP contribution is 2.24. The van der Waals surface area contributed by atoms with Crippen molar-refractivity contribution in [2.24, 2.45) is 5.73 Å². The Balaban J connectivity index is 2.26. The number of nitrogens with zero attached hydrogens (tertiary/aromatic N) is 2. The fourth-order valence-electron chi connectivity index (χ4n) is 1.00. The lowest BCUT2D eigenvalue weighted by atomic mass is 10.1. The molecule has 1 aromatic rings. The van der Waals surface area contributed by atoms with Gasteiger partial charge in [0.1, 0.15) is 0 Å². The first kappa shape index (κ1) is 11.4. The average Bonchev–Trinajstić information content (AvgIpc) is 2.53. The minimum Gasteiger partial charge on any atom is -0.323 e. The molecule has 0 bridgehead atoms. The van der Waals surface area contributed by atoms with E-state index < -0.39 is 18.6 Å². The zero-order chi connectivity index (χ0) is 10.6. The first-order valence-corrected chi connectivity index (χ1v) is 4.92. The largest absolute Gasteiger partial charge is 0.389 e.